The van der Waals surface area contributed by atoms with Gasteiger partial charge in [0, 0.05) is 75.5 Å². The molecule has 0 atom stereocenters. The summed E-state index contributed by atoms with van der Waals surface area (Å²) in [4.78, 5) is 28.6. The predicted octanol–water partition coefficient (Wildman–Crippen LogP) is 8.71. The van der Waals surface area contributed by atoms with E-state index >= 15 is 9.18 Å². The highest BCUT2D eigenvalue weighted by molar-refractivity contribution is 7.98. The van der Waals surface area contributed by atoms with E-state index in [1.165, 1.54) is 12.1 Å². The number of amides is 1. The van der Waals surface area contributed by atoms with Crippen molar-refractivity contribution in [1.29, 1.82) is 0 Å². The molecule has 5 aromatic rings. The van der Waals surface area contributed by atoms with Gasteiger partial charge >= 0.3 is 6.18 Å². The Bertz CT molecular complexity index is 3020. The van der Waals surface area contributed by atoms with Crippen LogP contribution in [0.3, 0.4) is 0 Å². The number of nitrogens with zero attached hydrogens (tertiary/aromatic N) is 3. The molecule has 0 bridgehead atoms. The van der Waals surface area contributed by atoms with Gasteiger partial charge in [0.05, 0.1) is 36.4 Å². The van der Waals surface area contributed by atoms with E-state index in [2.05, 4.69) is 4.74 Å². The van der Waals surface area contributed by atoms with Crippen molar-refractivity contribution < 1.29 is 58.9 Å². The van der Waals surface area contributed by atoms with Gasteiger partial charge in [0.1, 0.15) is 6.50 Å². The van der Waals surface area contributed by atoms with Crippen molar-refractivity contribution in [2.75, 3.05) is 33.1 Å². The van der Waals surface area contributed by atoms with Crippen LogP contribution in [0, 0.1) is 18.6 Å². The number of piperidine rings is 1. The minimum Gasteiger partial charge on any atom is -0.383 e. The molecule has 0 radical (unpaired) electrons. The molecule has 0 N–H and O–H groups in total. The normalized spacial score (nSPS) is 24.9. The first-order chi connectivity index (χ1) is 33.1. The Hall–Kier alpha value is -4.52. The largest absolute Gasteiger partial charge is 0.416 e. The predicted molar refractivity (Wildman–Crippen MR) is 198 cm³/mol. The highest BCUT2D eigenvalue weighted by atomic mass is 32.2. The van der Waals surface area contributed by atoms with E-state index in [0.717, 1.165) is 61.5 Å². The zero-order chi connectivity index (χ0) is 55.4. The number of thioether (sulfide) groups is 1. The third kappa shape index (κ3) is 9.17. The molecule has 4 aromatic carbocycles. The van der Waals surface area contributed by atoms with E-state index < -0.39 is 162 Å². The summed E-state index contributed by atoms with van der Waals surface area (Å²) in [6.07, 6.45) is -13.7. The first-order valence-corrected chi connectivity index (χ1v) is 16.4. The summed E-state index contributed by atoms with van der Waals surface area (Å²) >= 11 is 0.197. The van der Waals surface area contributed by atoms with Crippen LogP contribution in [-0.2, 0) is 34.5 Å². The topological polar surface area (TPSA) is 54.8 Å². The lowest BCUT2D eigenvalue weighted by Gasteiger charge is -2.39. The van der Waals surface area contributed by atoms with Gasteiger partial charge in [-0.05, 0) is 72.2 Å². The number of carbonyl (C=O) groups is 1. The summed E-state index contributed by atoms with van der Waals surface area (Å²) < 4.78 is 250. The van der Waals surface area contributed by atoms with Crippen molar-refractivity contribution in [2.24, 2.45) is 0 Å². The first-order valence-electron chi connectivity index (χ1n) is 25.4. The van der Waals surface area contributed by atoms with Gasteiger partial charge in [0.15, 0.2) is 17.1 Å². The smallest absolute Gasteiger partial charge is 0.383 e. The van der Waals surface area contributed by atoms with Crippen molar-refractivity contribution in [3.05, 3.63) is 135 Å². The Labute approximate surface area is 337 Å². The fourth-order valence-corrected chi connectivity index (χ4v) is 5.93. The number of fused-ring (bicyclic) bond motifs is 1. The van der Waals surface area contributed by atoms with Crippen molar-refractivity contribution >= 4 is 28.6 Å². The molecule has 0 unspecified atom stereocenters. The molecular weight excluding hydrogens is 710 g/mol. The average Bonchev–Trinajstić information content (AvgIpc) is 3.28. The summed E-state index contributed by atoms with van der Waals surface area (Å²) in [7, 11) is -3.44. The Morgan fingerprint density at radius 2 is 1.75 bits per heavy atom. The maximum atomic E-state index is 15.6. The van der Waals surface area contributed by atoms with Crippen LogP contribution in [0.2, 0.25) is 0 Å². The standard InChI is InChI=1S/C41H40F5N3O3S/c1-27-6-15-34-36(22-27)49(39(23-37(34)50)53-26-31-4-3-5-35(42)40(31)43)25-38(51)48(33-16-18-47(19-17-33)20-21-52-2)24-28-7-9-29(10-8-28)30-11-13-32(14-12-30)41(44,45)46/h3-15,22-23,33H,16-21,24-26H2,1-2H3/i2D3,6D,15D,16D2,17D2,18D2,19D2,20D2,22D,23D,25D2,33D. The molecule has 278 valence electrons. The second kappa shape index (κ2) is 16.7. The van der Waals surface area contributed by atoms with Gasteiger partial charge < -0.3 is 19.1 Å². The van der Waals surface area contributed by atoms with Crippen molar-refractivity contribution in [1.82, 2.24) is 14.4 Å². The minimum atomic E-state index is -4.71. The molecule has 12 heteroatoms. The van der Waals surface area contributed by atoms with E-state index in [0.29, 0.717) is 0 Å². The number of hydrogen-bond donors (Lipinski definition) is 0. The number of pyridine rings is 1. The van der Waals surface area contributed by atoms with E-state index in [9.17, 15) is 32.0 Å². The number of hydrogen-bond acceptors (Lipinski definition) is 5. The van der Waals surface area contributed by atoms with Gasteiger partial charge in [-0.2, -0.15) is 13.2 Å². The van der Waals surface area contributed by atoms with Gasteiger partial charge in [-0.25, -0.2) is 8.78 Å². The number of alkyl halides is 3. The summed E-state index contributed by atoms with van der Waals surface area (Å²) in [6.45, 7) is -18.9. The highest BCUT2D eigenvalue weighted by Crippen LogP contribution is 2.32. The number of likely N-dealkylation sites (tertiary alicyclic amines) is 1. The van der Waals surface area contributed by atoms with E-state index in [1.54, 1.807) is 0 Å². The Morgan fingerprint density at radius 3 is 2.43 bits per heavy atom. The molecule has 1 aromatic heterocycles. The average molecular weight is 770 g/mol. The maximum absolute atomic E-state index is 15.6. The van der Waals surface area contributed by atoms with Crippen LogP contribution >= 0.6 is 11.8 Å². The summed E-state index contributed by atoms with van der Waals surface area (Å²) in [5.74, 6) is -5.92. The molecule has 53 heavy (non-hydrogen) atoms. The van der Waals surface area contributed by atoms with Gasteiger partial charge in [0.25, 0.3) is 0 Å². The molecule has 0 saturated carbocycles. The molecular formula is C41H40F5N3O3S. The SMILES string of the molecule is [2H]c1c(C)c([2H])c2c(c1[2H])c(=O)c([2H])c(SCc1cccc(F)c1F)n2C([2H])([2H])C(=O)N(Cc1ccc(-c2ccc(C(F)(F)F)cc2)cc1)C1([2H])C([2H])([2H])C([2H])([2H])N(C([2H])([2H])COC([2H])([2H])[2H])C([2H])([2H])C1([2H])[2H]. The molecule has 1 aliphatic heterocycles. The summed E-state index contributed by atoms with van der Waals surface area (Å²) in [5.41, 5.74) is -4.34. The molecule has 1 fully saturated rings. The lowest BCUT2D eigenvalue weighted by molar-refractivity contribution is -0.137. The molecule has 1 amide bonds. The second-order valence-corrected chi connectivity index (χ2v) is 12.2. The van der Waals surface area contributed by atoms with Gasteiger partial charge in [-0.15, -0.1) is 11.8 Å². The monoisotopic (exact) mass is 769 g/mol. The quantitative estimate of drug-likeness (QED) is 0.0940. The molecule has 1 saturated heterocycles. The fourth-order valence-electron chi connectivity index (χ4n) is 4.98. The Balaban J connectivity index is 1.66. The zero-order valence-corrected chi connectivity index (χ0v) is 28.2. The van der Waals surface area contributed by atoms with Gasteiger partial charge in [-0.1, -0.05) is 54.6 Å². The molecule has 1 aliphatic rings. The third-order valence-electron chi connectivity index (χ3n) is 7.62. The highest BCUT2D eigenvalue weighted by Gasteiger charge is 2.31. The zero-order valence-electron chi connectivity index (χ0n) is 47.3. The molecule has 0 aliphatic carbocycles. The van der Waals surface area contributed by atoms with E-state index in [-0.39, 0.29) is 37.9 Å². The lowest BCUT2D eigenvalue weighted by atomic mass is 10.00. The van der Waals surface area contributed by atoms with Crippen molar-refractivity contribution in [2.45, 2.75) is 55.7 Å². The molecule has 6 nitrogen and oxygen atoms in total. The Kier molecular flexibility index (Phi) is 6.36. The molecule has 6 rings (SSSR count). The van der Waals surface area contributed by atoms with Crippen LogP contribution < -0.4 is 5.43 Å². The van der Waals surface area contributed by atoms with Crippen LogP contribution in [0.5, 0.6) is 0 Å². The van der Waals surface area contributed by atoms with Crippen LogP contribution in [0.1, 0.15) is 62.4 Å². The Morgan fingerprint density at radius 1 is 1.06 bits per heavy atom. The lowest BCUT2D eigenvalue weighted by Crippen LogP contribution is -2.48. The molecule has 2 heterocycles. The fraction of sp³-hybridized carbons (Fsp3) is 0.317. The van der Waals surface area contributed by atoms with E-state index in [4.69, 9.17) is 17.8 Å². The minimum absolute atomic E-state index is 0.126. The van der Waals surface area contributed by atoms with Crippen LogP contribution in [0.25, 0.3) is 22.0 Å². The van der Waals surface area contributed by atoms with Crippen molar-refractivity contribution in [3.8, 4) is 11.1 Å². The van der Waals surface area contributed by atoms with Crippen LogP contribution in [0.15, 0.2) is 101 Å². The number of carbonyl (C=O) groups excluding carboxylic acids is 1. The van der Waals surface area contributed by atoms with Crippen LogP contribution in [0.4, 0.5) is 22.0 Å². The van der Waals surface area contributed by atoms with E-state index in [1.807, 2.05) is 0 Å². The number of rotatable bonds is 12. The number of benzene rings is 4. The number of aromatic nitrogens is 1. The van der Waals surface area contributed by atoms with Crippen molar-refractivity contribution in [3.63, 3.8) is 0 Å². The molecule has 0 spiro atoms. The second-order valence-electron chi connectivity index (χ2n) is 11.2. The van der Waals surface area contributed by atoms with Gasteiger partial charge in [0.2, 0.25) is 5.91 Å². The van der Waals surface area contributed by atoms with Crippen LogP contribution in [-0.4, -0.2) is 59.4 Å². The number of methoxy groups -OCH3 is 1. The first kappa shape index (κ1) is 20.2. The third-order valence-corrected chi connectivity index (χ3v) is 8.63. The van der Waals surface area contributed by atoms with Gasteiger partial charge in [-0.3, -0.25) is 9.59 Å². The number of ether oxygens (including phenoxy) is 1. The number of halogens is 5. The maximum Gasteiger partial charge on any atom is 0.416 e. The summed E-state index contributed by atoms with van der Waals surface area (Å²) in [5, 5.41) is -2.01. The summed E-state index contributed by atoms with van der Waals surface area (Å²) in [6, 6.07) is 2.64.